The van der Waals surface area contributed by atoms with Crippen LogP contribution in [-0.4, -0.2) is 200 Å². The molecular formula is C102H103Cl3FN17O5. The fourth-order valence-electron chi connectivity index (χ4n) is 17.6. The van der Waals surface area contributed by atoms with E-state index in [9.17, 15) is 18.8 Å². The Morgan fingerprint density at radius 2 is 0.859 bits per heavy atom. The number of amides is 3. The van der Waals surface area contributed by atoms with Crippen LogP contribution < -0.4 is 10.1 Å². The van der Waals surface area contributed by atoms with Crippen molar-refractivity contribution in [1.82, 2.24) is 82.2 Å². The molecular weight excluding hydrogens is 1670 g/mol. The summed E-state index contributed by atoms with van der Waals surface area (Å²) in [7, 11) is 1.66. The third-order valence-electron chi connectivity index (χ3n) is 25.4. The molecule has 0 atom stereocenters. The lowest BCUT2D eigenvalue weighted by atomic mass is 9.84. The van der Waals surface area contributed by atoms with Gasteiger partial charge < -0.3 is 38.3 Å². The molecule has 12 heterocycles. The van der Waals surface area contributed by atoms with E-state index in [1.807, 2.05) is 173 Å². The molecule has 6 fully saturated rings. The van der Waals surface area contributed by atoms with Crippen LogP contribution in [0.3, 0.4) is 0 Å². The van der Waals surface area contributed by atoms with Gasteiger partial charge >= 0.3 is 0 Å². The number of carbonyl (C=O) groups is 3. The molecule has 4 saturated heterocycles. The maximum atomic E-state index is 14.6. The molecule has 4 aliphatic heterocycles. The van der Waals surface area contributed by atoms with Gasteiger partial charge in [0.1, 0.15) is 22.9 Å². The zero-order valence-electron chi connectivity index (χ0n) is 72.2. The average Bonchev–Trinajstić information content (AvgIpc) is 1.63. The molecule has 3 amide bonds. The monoisotopic (exact) mass is 1770 g/mol. The van der Waals surface area contributed by atoms with E-state index in [2.05, 4.69) is 115 Å². The third kappa shape index (κ3) is 20.1. The minimum atomic E-state index is -0.246. The second-order valence-corrected chi connectivity index (χ2v) is 35.1. The minimum Gasteiger partial charge on any atom is -0.497 e. The molecule has 128 heavy (non-hydrogen) atoms. The van der Waals surface area contributed by atoms with E-state index in [4.69, 9.17) is 64.2 Å². The van der Waals surface area contributed by atoms with Crippen LogP contribution in [0.1, 0.15) is 93.2 Å². The van der Waals surface area contributed by atoms with Gasteiger partial charge in [0.2, 0.25) is 17.7 Å². The Kier molecular flexibility index (Phi) is 26.9. The highest BCUT2D eigenvalue weighted by molar-refractivity contribution is 6.31. The third-order valence-corrected chi connectivity index (χ3v) is 26.2. The van der Waals surface area contributed by atoms with Crippen molar-refractivity contribution in [3.05, 3.63) is 293 Å². The molecule has 2 aliphatic carbocycles. The lowest BCUT2D eigenvalue weighted by Gasteiger charge is -2.38. The summed E-state index contributed by atoms with van der Waals surface area (Å²) in [5.41, 5.74) is 22.7. The van der Waals surface area contributed by atoms with E-state index in [1.54, 1.807) is 33.1 Å². The van der Waals surface area contributed by atoms with Crippen molar-refractivity contribution in [2.75, 3.05) is 98.9 Å². The molecule has 2 saturated carbocycles. The largest absolute Gasteiger partial charge is 0.497 e. The first kappa shape index (κ1) is 86.7. The summed E-state index contributed by atoms with van der Waals surface area (Å²) in [6, 6.07) is 67.6. The molecule has 6 aliphatic rings. The number of nitrogens with zero attached hydrogens (tertiary/aromatic N) is 16. The second kappa shape index (κ2) is 39.7. The van der Waals surface area contributed by atoms with E-state index in [1.165, 1.54) is 42.1 Å². The van der Waals surface area contributed by atoms with Gasteiger partial charge in [-0.1, -0.05) is 169 Å². The van der Waals surface area contributed by atoms with Gasteiger partial charge in [0.25, 0.3) is 0 Å². The summed E-state index contributed by atoms with van der Waals surface area (Å²) in [4.78, 5) is 78.2. The van der Waals surface area contributed by atoms with Crippen molar-refractivity contribution in [3.8, 4) is 84.3 Å². The number of halogens is 4. The van der Waals surface area contributed by atoms with Gasteiger partial charge in [-0.15, -0.1) is 0 Å². The molecule has 0 spiro atoms. The number of piperazine rings is 3. The molecule has 15 aromatic rings. The normalized spacial score (nSPS) is 16.0. The number of ether oxygens (including phenoxy) is 2. The summed E-state index contributed by atoms with van der Waals surface area (Å²) in [5, 5.41) is 5.88. The molecule has 26 heteroatoms. The van der Waals surface area contributed by atoms with Crippen LogP contribution >= 0.6 is 34.8 Å². The summed E-state index contributed by atoms with van der Waals surface area (Å²) in [6.45, 7) is 17.5. The zero-order chi connectivity index (χ0) is 87.7. The summed E-state index contributed by atoms with van der Waals surface area (Å²) in [5.74, 6) is 1.97. The molecule has 0 radical (unpaired) electrons. The Balaban J connectivity index is 0.000000116. The summed E-state index contributed by atoms with van der Waals surface area (Å²) in [6.07, 6.45) is 19.9. The molecule has 8 aromatic heterocycles. The Labute approximate surface area is 759 Å². The van der Waals surface area contributed by atoms with Crippen LogP contribution in [0.2, 0.25) is 15.1 Å². The first-order valence-electron chi connectivity index (χ1n) is 44.4. The maximum Gasteiger partial charge on any atom is 0.225 e. The average molecular weight is 1770 g/mol. The first-order valence-corrected chi connectivity index (χ1v) is 45.5. The Morgan fingerprint density at radius 3 is 1.37 bits per heavy atom. The quantitative estimate of drug-likeness (QED) is 0.0802. The standard InChI is InChI=1S/C30H31FN4O2.C25H24ClN5O.C25H24ClN3O.C22H24ClN5O/c1-37-24-9-5-8-22(18-24)29-27(20-33-14-16-34(17-15-33)30(36)21-6-4-7-21)35-19-23(12-13-28(35)32-29)25-10-2-3-11-26(25)31;1-18(32)30-13-11-29(12-14-30)17-23-25(20-7-9-21(26)10-8-20)28-24-15-27-22(16-31(23)24)19-5-3-2-4-6-19;26-21-9-6-19(7-10-21)25-23(16-27-22-12-14-30-15-13-22)29-17-20(8-11-24(29)28-25)18-4-2-1-3-5-18;1-15(29)27-10-8-26(9-11-27)14-20-22(17-4-6-18(23)7-5-17)25-21-12-24-19(13-28(20)21)16-2-3-16/h2-3,5,8-13,18-19,21H,4,6-7,14-17,20H2,1H3;2-10,15-16H,11-14,17H2,1H3;1-11,17,22,27H,12-16H2;4-7,12-13,16H,2-3,8-11,14H2,1H3. The maximum absolute atomic E-state index is 14.6. The number of methoxy groups -OCH3 is 1. The van der Waals surface area contributed by atoms with Crippen molar-refractivity contribution in [2.45, 2.75) is 96.9 Å². The van der Waals surface area contributed by atoms with E-state index in [0.717, 1.165) is 260 Å². The minimum absolute atomic E-state index is 0.139. The number of hydrogen-bond acceptors (Lipinski definition) is 15. The number of rotatable bonds is 19. The van der Waals surface area contributed by atoms with Crippen LogP contribution in [0, 0.1) is 11.7 Å². The van der Waals surface area contributed by atoms with Crippen LogP contribution in [-0.2, 0) is 45.3 Å². The molecule has 0 unspecified atom stereocenters. The molecule has 22 nitrogen and oxygen atoms in total. The van der Waals surface area contributed by atoms with Gasteiger partial charge in [0.15, 0.2) is 11.3 Å². The van der Waals surface area contributed by atoms with Crippen molar-refractivity contribution in [1.29, 1.82) is 0 Å². The fraction of sp³-hybridized carbons (Fsp3) is 0.304. The van der Waals surface area contributed by atoms with Crippen molar-refractivity contribution in [3.63, 3.8) is 0 Å². The topological polar surface area (TPSA) is 196 Å². The Hall–Kier alpha value is -12.0. The van der Waals surface area contributed by atoms with Gasteiger partial charge in [0, 0.05) is 228 Å². The van der Waals surface area contributed by atoms with Crippen LogP contribution in [0.4, 0.5) is 4.39 Å². The highest BCUT2D eigenvalue weighted by Crippen LogP contribution is 2.41. The lowest BCUT2D eigenvalue weighted by molar-refractivity contribution is -0.140. The number of pyridine rings is 2. The predicted octanol–water partition coefficient (Wildman–Crippen LogP) is 18.8. The van der Waals surface area contributed by atoms with Gasteiger partial charge in [-0.2, -0.15) is 0 Å². The fourth-order valence-corrected chi connectivity index (χ4v) is 18.0. The SMILES string of the molecule is CC(=O)N1CCN(Cc2c(-c3ccc(Cl)cc3)nc3cnc(-c4ccccc4)cn23)CC1.CC(=O)N1CCN(Cc2c(-c3ccc(Cl)cc3)nc3cnc(C4CC4)cn23)CC1.COc1cccc(-c2nc3ccc(-c4ccccc4F)cn3c2CN2CCN(C(=O)C3CCC3)CC2)c1.Clc1ccc(-c2nc3ccc(-c4ccccc4)cn3c2CNC2CCOCC2)cc1. The van der Waals surface area contributed by atoms with Crippen LogP contribution in [0.5, 0.6) is 5.75 Å². The Bertz CT molecular complexity index is 6410. The van der Waals surface area contributed by atoms with Crippen LogP contribution in [0.25, 0.3) is 101 Å². The van der Waals surface area contributed by atoms with E-state index < -0.39 is 0 Å². The number of imidazole rings is 4. The van der Waals surface area contributed by atoms with Crippen LogP contribution in [0.15, 0.2) is 243 Å². The molecule has 654 valence electrons. The van der Waals surface area contributed by atoms with Crippen molar-refractivity contribution < 1.29 is 28.2 Å². The number of benzene rings is 7. The van der Waals surface area contributed by atoms with E-state index in [0.29, 0.717) is 35.0 Å². The molecule has 7 aromatic carbocycles. The van der Waals surface area contributed by atoms with Crippen molar-refractivity contribution in [2.24, 2.45) is 5.92 Å². The highest BCUT2D eigenvalue weighted by Gasteiger charge is 2.34. The number of aromatic nitrogens is 10. The van der Waals surface area contributed by atoms with E-state index in [-0.39, 0.29) is 23.5 Å². The van der Waals surface area contributed by atoms with Gasteiger partial charge in [-0.05, 0) is 129 Å². The highest BCUT2D eigenvalue weighted by atomic mass is 35.5. The number of fused-ring (bicyclic) bond motifs is 4. The number of nitrogens with one attached hydrogen (secondary N) is 1. The van der Waals surface area contributed by atoms with E-state index >= 15 is 0 Å². The smallest absolute Gasteiger partial charge is 0.225 e. The Morgan fingerprint density at radius 1 is 0.422 bits per heavy atom. The number of carbonyl (C=O) groups excluding carboxylic acids is 3. The van der Waals surface area contributed by atoms with Gasteiger partial charge in [-0.3, -0.25) is 47.9 Å². The second-order valence-electron chi connectivity index (χ2n) is 33.8. The number of hydrogen-bond donors (Lipinski definition) is 1. The lowest BCUT2D eigenvalue weighted by Crippen LogP contribution is -2.50. The van der Waals surface area contributed by atoms with Crippen molar-refractivity contribution >= 4 is 75.1 Å². The molecule has 1 N–H and O–H groups in total. The molecule has 0 bridgehead atoms. The first-order chi connectivity index (χ1) is 62.5. The van der Waals surface area contributed by atoms with Gasteiger partial charge in [-0.25, -0.2) is 24.3 Å². The summed E-state index contributed by atoms with van der Waals surface area (Å²) < 4.78 is 34.3. The zero-order valence-corrected chi connectivity index (χ0v) is 74.5. The molecule has 21 rings (SSSR count). The summed E-state index contributed by atoms with van der Waals surface area (Å²) >= 11 is 18.3. The van der Waals surface area contributed by atoms with Gasteiger partial charge in [0.05, 0.1) is 76.4 Å². The predicted molar refractivity (Wildman–Crippen MR) is 503 cm³/mol.